The molecule has 0 aliphatic heterocycles. The van der Waals surface area contributed by atoms with Crippen molar-refractivity contribution in [3.63, 3.8) is 0 Å². The fourth-order valence-electron chi connectivity index (χ4n) is 1.86. The van der Waals surface area contributed by atoms with E-state index in [0.29, 0.717) is 5.90 Å². The molecule has 0 unspecified atom stereocenters. The summed E-state index contributed by atoms with van der Waals surface area (Å²) < 4.78 is 11.6. The maximum absolute atomic E-state index is 8.81. The Bertz CT molecular complexity index is 595. The Balaban J connectivity index is 0.00000178. The number of carbonyl (C=O) groups is 1. The van der Waals surface area contributed by atoms with Gasteiger partial charge in [-0.1, -0.05) is 31.7 Å². The summed E-state index contributed by atoms with van der Waals surface area (Å²) in [6, 6.07) is 6.04. The molecular formula is C20H31NO3S. The van der Waals surface area contributed by atoms with Crippen molar-refractivity contribution in [3.05, 3.63) is 40.0 Å². The molecule has 1 rings (SSSR count). The third-order valence-corrected chi connectivity index (χ3v) is 4.60. The van der Waals surface area contributed by atoms with Gasteiger partial charge in [-0.2, -0.15) is 0 Å². The lowest BCUT2D eigenvalue weighted by Crippen LogP contribution is -2.09. The van der Waals surface area contributed by atoms with Crippen LogP contribution in [0, 0.1) is 6.92 Å². The summed E-state index contributed by atoms with van der Waals surface area (Å²) >= 11 is 1.74. The molecule has 1 aromatic rings. The lowest BCUT2D eigenvalue weighted by molar-refractivity contribution is -0.106. The Hall–Kier alpha value is -1.75. The first-order valence-electron chi connectivity index (χ1n) is 8.50. The number of hydrogen-bond acceptors (Lipinski definition) is 5. The quantitative estimate of drug-likeness (QED) is 0.281. The third kappa shape index (κ3) is 8.25. The first-order chi connectivity index (χ1) is 12.0. The van der Waals surface area contributed by atoms with Gasteiger partial charge in [0.1, 0.15) is 12.0 Å². The minimum Gasteiger partial charge on any atom is -0.496 e. The molecule has 0 amide bonds. The number of rotatable bonds is 7. The fourth-order valence-corrected chi connectivity index (χ4v) is 2.78. The van der Waals surface area contributed by atoms with Crippen LogP contribution in [0.3, 0.4) is 0 Å². The summed E-state index contributed by atoms with van der Waals surface area (Å²) in [5, 5.41) is 0.951. The van der Waals surface area contributed by atoms with Gasteiger partial charge in [0, 0.05) is 12.8 Å². The summed E-state index contributed by atoms with van der Waals surface area (Å²) in [5.74, 6) is 2.42. The molecular weight excluding hydrogens is 334 g/mol. The molecule has 0 saturated heterocycles. The number of aryl methyl sites for hydroxylation is 1. The van der Waals surface area contributed by atoms with Crippen molar-refractivity contribution in [2.45, 2.75) is 47.5 Å². The molecule has 0 spiro atoms. The molecule has 0 aliphatic carbocycles. The van der Waals surface area contributed by atoms with E-state index in [1.807, 2.05) is 25.1 Å². The molecule has 4 nitrogen and oxygen atoms in total. The summed E-state index contributed by atoms with van der Waals surface area (Å²) in [5.41, 5.74) is 3.27. The van der Waals surface area contributed by atoms with Gasteiger partial charge in [-0.3, -0.25) is 4.99 Å². The van der Waals surface area contributed by atoms with Gasteiger partial charge >= 0.3 is 0 Å². The highest BCUT2D eigenvalue weighted by Gasteiger charge is 2.15. The first kappa shape index (κ1) is 23.2. The SMILES string of the molecule is CC=O.CCCS/C(OC(=NC)c1ccc(C)cc1OC)=C(/C)CC. The highest BCUT2D eigenvalue weighted by atomic mass is 32.2. The number of hydrogen-bond donors (Lipinski definition) is 0. The predicted octanol–water partition coefficient (Wildman–Crippen LogP) is 5.39. The monoisotopic (exact) mass is 365 g/mol. The van der Waals surface area contributed by atoms with Gasteiger partial charge in [-0.15, -0.1) is 0 Å². The van der Waals surface area contributed by atoms with Crippen LogP contribution in [0.5, 0.6) is 5.75 Å². The molecule has 0 aliphatic rings. The van der Waals surface area contributed by atoms with Crippen LogP contribution in [0.4, 0.5) is 0 Å². The molecule has 0 bridgehead atoms. The van der Waals surface area contributed by atoms with Crippen molar-refractivity contribution in [2.75, 3.05) is 19.9 Å². The maximum atomic E-state index is 8.81. The zero-order chi connectivity index (χ0) is 19.2. The summed E-state index contributed by atoms with van der Waals surface area (Å²) in [7, 11) is 3.42. The average Bonchev–Trinajstić information content (AvgIpc) is 2.62. The van der Waals surface area contributed by atoms with Gasteiger partial charge in [0.2, 0.25) is 5.90 Å². The Morgan fingerprint density at radius 2 is 1.96 bits per heavy atom. The van der Waals surface area contributed by atoms with Gasteiger partial charge in [0.05, 0.1) is 12.7 Å². The smallest absolute Gasteiger partial charge is 0.226 e. The number of aliphatic imine (C=N–C) groups is 1. The molecule has 1 aromatic carbocycles. The summed E-state index contributed by atoms with van der Waals surface area (Å²) in [6.07, 6.45) is 2.83. The lowest BCUT2D eigenvalue weighted by atomic mass is 10.1. The lowest BCUT2D eigenvalue weighted by Gasteiger charge is -2.16. The van der Waals surface area contributed by atoms with E-state index in [9.17, 15) is 0 Å². The van der Waals surface area contributed by atoms with E-state index in [0.717, 1.165) is 46.8 Å². The third-order valence-electron chi connectivity index (χ3n) is 3.30. The van der Waals surface area contributed by atoms with Crippen LogP contribution in [0.1, 0.15) is 51.7 Å². The second-order valence-corrected chi connectivity index (χ2v) is 6.41. The molecule has 140 valence electrons. The number of ether oxygens (including phenoxy) is 2. The maximum Gasteiger partial charge on any atom is 0.226 e. The van der Waals surface area contributed by atoms with Gasteiger partial charge in [-0.05, 0) is 56.9 Å². The molecule has 0 atom stereocenters. The Morgan fingerprint density at radius 3 is 2.44 bits per heavy atom. The van der Waals surface area contributed by atoms with Crippen molar-refractivity contribution in [1.29, 1.82) is 0 Å². The van der Waals surface area contributed by atoms with Crippen LogP contribution in [-0.4, -0.2) is 32.1 Å². The van der Waals surface area contributed by atoms with Crippen LogP contribution in [-0.2, 0) is 9.53 Å². The second-order valence-electron chi connectivity index (χ2n) is 5.34. The molecule has 0 radical (unpaired) electrons. The minimum atomic E-state index is 0.600. The van der Waals surface area contributed by atoms with E-state index in [2.05, 4.69) is 25.8 Å². The van der Waals surface area contributed by atoms with Crippen LogP contribution in [0.25, 0.3) is 0 Å². The fraction of sp³-hybridized carbons (Fsp3) is 0.500. The van der Waals surface area contributed by atoms with Gasteiger partial charge in [0.25, 0.3) is 0 Å². The zero-order valence-electron chi connectivity index (χ0n) is 16.5. The van der Waals surface area contributed by atoms with E-state index in [1.54, 1.807) is 25.9 Å². The van der Waals surface area contributed by atoms with E-state index in [1.165, 1.54) is 12.5 Å². The summed E-state index contributed by atoms with van der Waals surface area (Å²) in [6.45, 7) is 9.90. The highest BCUT2D eigenvalue weighted by Crippen LogP contribution is 2.28. The molecule has 0 fully saturated rings. The number of allylic oxidation sites excluding steroid dienone is 1. The number of methoxy groups -OCH3 is 1. The predicted molar refractivity (Wildman–Crippen MR) is 109 cm³/mol. The van der Waals surface area contributed by atoms with Gasteiger partial charge in [0.15, 0.2) is 5.09 Å². The number of aldehydes is 1. The second kappa shape index (κ2) is 13.5. The minimum absolute atomic E-state index is 0.600. The van der Waals surface area contributed by atoms with Crippen LogP contribution in [0.15, 0.2) is 33.9 Å². The van der Waals surface area contributed by atoms with Crippen molar-refractivity contribution in [3.8, 4) is 5.75 Å². The Morgan fingerprint density at radius 1 is 1.32 bits per heavy atom. The first-order valence-corrected chi connectivity index (χ1v) is 9.49. The van der Waals surface area contributed by atoms with Crippen molar-refractivity contribution < 1.29 is 14.3 Å². The molecule has 0 aromatic heterocycles. The van der Waals surface area contributed by atoms with E-state index in [4.69, 9.17) is 14.3 Å². The zero-order valence-corrected chi connectivity index (χ0v) is 17.3. The van der Waals surface area contributed by atoms with Gasteiger partial charge < -0.3 is 14.3 Å². The Labute approximate surface area is 156 Å². The number of benzene rings is 1. The van der Waals surface area contributed by atoms with Crippen molar-refractivity contribution in [2.24, 2.45) is 4.99 Å². The number of nitrogens with zero attached hydrogens (tertiary/aromatic N) is 1. The standard InChI is InChI=1S/C18H27NO2S.C2H4O/c1-7-11-22-18(14(4)8-2)21-17(19-5)15-10-9-13(3)12-16(15)20-6;1-2-3/h9-10,12H,7-8,11H2,1-6H3;2H,1H3/b18-14-,19-17?;. The molecule has 0 saturated carbocycles. The highest BCUT2D eigenvalue weighted by molar-refractivity contribution is 8.02. The van der Waals surface area contributed by atoms with E-state index < -0.39 is 0 Å². The van der Waals surface area contributed by atoms with Crippen LogP contribution in [0.2, 0.25) is 0 Å². The molecule has 0 heterocycles. The van der Waals surface area contributed by atoms with Crippen LogP contribution >= 0.6 is 11.8 Å². The molecule has 5 heteroatoms. The molecule has 0 N–H and O–H groups in total. The summed E-state index contributed by atoms with van der Waals surface area (Å²) in [4.78, 5) is 13.1. The topological polar surface area (TPSA) is 47.9 Å². The number of carbonyl (C=O) groups excluding carboxylic acids is 1. The van der Waals surface area contributed by atoms with E-state index in [-0.39, 0.29) is 0 Å². The van der Waals surface area contributed by atoms with Crippen molar-refractivity contribution in [1.82, 2.24) is 0 Å². The average molecular weight is 366 g/mol. The largest absolute Gasteiger partial charge is 0.496 e. The Kier molecular flexibility index (Phi) is 12.6. The molecule has 25 heavy (non-hydrogen) atoms. The number of thioether (sulfide) groups is 1. The normalized spacial score (nSPS) is 11.9. The van der Waals surface area contributed by atoms with Crippen LogP contribution < -0.4 is 4.74 Å². The van der Waals surface area contributed by atoms with E-state index >= 15 is 0 Å². The van der Waals surface area contributed by atoms with Gasteiger partial charge in [-0.25, -0.2) is 0 Å². The van der Waals surface area contributed by atoms with Crippen molar-refractivity contribution >= 4 is 23.9 Å².